The molecule has 5 rings (SSSR count). The van der Waals surface area contributed by atoms with Crippen molar-refractivity contribution in [1.82, 2.24) is 24.6 Å². The van der Waals surface area contributed by atoms with Crippen LogP contribution in [0.2, 0.25) is 0 Å². The molecule has 0 radical (unpaired) electrons. The molecule has 158 valence electrons. The van der Waals surface area contributed by atoms with Gasteiger partial charge in [-0.05, 0) is 30.2 Å². The van der Waals surface area contributed by atoms with Gasteiger partial charge in [0.05, 0.1) is 25.5 Å². The molecule has 4 aromatic rings. The molecule has 1 atom stereocenters. The maximum Gasteiger partial charge on any atom is 0.319 e. The molecule has 0 bridgehead atoms. The van der Waals surface area contributed by atoms with Gasteiger partial charge in [-0.3, -0.25) is 0 Å². The molecule has 1 aromatic carbocycles. The minimum atomic E-state index is -0.216. The highest BCUT2D eigenvalue weighted by Crippen LogP contribution is 2.35. The van der Waals surface area contributed by atoms with Gasteiger partial charge in [0.1, 0.15) is 11.5 Å². The summed E-state index contributed by atoms with van der Waals surface area (Å²) in [6.45, 7) is 1.68. The lowest BCUT2D eigenvalue weighted by Crippen LogP contribution is -2.20. The number of imidazole rings is 1. The van der Waals surface area contributed by atoms with E-state index in [1.807, 2.05) is 24.4 Å². The summed E-state index contributed by atoms with van der Waals surface area (Å²) in [5.41, 5.74) is 4.22. The van der Waals surface area contributed by atoms with Gasteiger partial charge < -0.3 is 14.4 Å². The highest BCUT2D eigenvalue weighted by molar-refractivity contribution is 5.76. The van der Waals surface area contributed by atoms with Crippen LogP contribution in [0.4, 0.5) is 10.1 Å². The fourth-order valence-electron chi connectivity index (χ4n) is 4.03. The molecule has 31 heavy (non-hydrogen) atoms. The molecular weight excluding hydrogens is 399 g/mol. The van der Waals surface area contributed by atoms with E-state index < -0.39 is 0 Å². The first-order chi connectivity index (χ1) is 15.2. The number of hydrogen-bond acceptors (Lipinski definition) is 7. The zero-order valence-electron chi connectivity index (χ0n) is 17.2. The van der Waals surface area contributed by atoms with Crippen LogP contribution >= 0.6 is 0 Å². The fraction of sp³-hybridized carbons (Fsp3) is 0.273. The van der Waals surface area contributed by atoms with Gasteiger partial charge >= 0.3 is 6.01 Å². The number of halogens is 1. The van der Waals surface area contributed by atoms with Crippen LogP contribution in [0.5, 0.6) is 11.9 Å². The van der Waals surface area contributed by atoms with Crippen LogP contribution in [0, 0.1) is 5.82 Å². The summed E-state index contributed by atoms with van der Waals surface area (Å²) in [5, 5.41) is 4.67. The summed E-state index contributed by atoms with van der Waals surface area (Å²) in [7, 11) is 3.06. The minimum absolute atomic E-state index is 0.216. The molecule has 3 aromatic heterocycles. The van der Waals surface area contributed by atoms with Crippen LogP contribution in [-0.4, -0.2) is 51.9 Å². The number of rotatable bonds is 5. The van der Waals surface area contributed by atoms with E-state index in [0.717, 1.165) is 36.4 Å². The fourth-order valence-corrected chi connectivity index (χ4v) is 4.03. The Morgan fingerprint density at radius 3 is 2.71 bits per heavy atom. The monoisotopic (exact) mass is 420 g/mol. The van der Waals surface area contributed by atoms with Gasteiger partial charge in [-0.2, -0.15) is 10.1 Å². The van der Waals surface area contributed by atoms with Gasteiger partial charge in [0.15, 0.2) is 5.65 Å². The molecule has 0 N–H and O–H groups in total. The molecule has 0 unspecified atom stereocenters. The molecule has 0 spiro atoms. The highest BCUT2D eigenvalue weighted by Gasteiger charge is 2.27. The molecule has 0 amide bonds. The van der Waals surface area contributed by atoms with E-state index in [2.05, 4.69) is 25.0 Å². The lowest BCUT2D eigenvalue weighted by Gasteiger charge is -2.20. The predicted octanol–water partition coefficient (Wildman–Crippen LogP) is 3.34. The molecule has 0 saturated carbocycles. The van der Waals surface area contributed by atoms with Crippen LogP contribution < -0.4 is 14.4 Å². The first kappa shape index (κ1) is 19.2. The molecule has 1 aliphatic rings. The van der Waals surface area contributed by atoms with Crippen molar-refractivity contribution in [3.05, 3.63) is 60.3 Å². The topological polar surface area (TPSA) is 77.7 Å². The molecule has 9 heteroatoms. The SMILES string of the molecule is COc1ncc(-c2cc(N3CC[C@@H](c4ccc(F)cc4)C3)c3nccn3n2)c(OC)n1. The molecule has 4 heterocycles. The largest absolute Gasteiger partial charge is 0.480 e. The molecule has 1 saturated heterocycles. The Kier molecular flexibility index (Phi) is 4.85. The van der Waals surface area contributed by atoms with Crippen molar-refractivity contribution >= 4 is 11.3 Å². The summed E-state index contributed by atoms with van der Waals surface area (Å²) < 4.78 is 25.6. The third kappa shape index (κ3) is 3.52. The molecule has 1 fully saturated rings. The number of hydrogen-bond donors (Lipinski definition) is 0. The number of benzene rings is 1. The quantitative estimate of drug-likeness (QED) is 0.490. The normalized spacial score (nSPS) is 16.1. The van der Waals surface area contributed by atoms with E-state index in [4.69, 9.17) is 9.47 Å². The smallest absolute Gasteiger partial charge is 0.319 e. The first-order valence-electron chi connectivity index (χ1n) is 9.96. The van der Waals surface area contributed by atoms with Crippen LogP contribution in [-0.2, 0) is 0 Å². The summed E-state index contributed by atoms with van der Waals surface area (Å²) in [5.74, 6) is 0.494. The number of anilines is 1. The van der Waals surface area contributed by atoms with E-state index in [1.165, 1.54) is 19.2 Å². The van der Waals surface area contributed by atoms with E-state index in [0.29, 0.717) is 23.1 Å². The third-order valence-electron chi connectivity index (χ3n) is 5.59. The average molecular weight is 420 g/mol. The van der Waals surface area contributed by atoms with Gasteiger partial charge in [-0.1, -0.05) is 12.1 Å². The van der Waals surface area contributed by atoms with E-state index in [1.54, 1.807) is 24.0 Å². The Morgan fingerprint density at radius 1 is 1.10 bits per heavy atom. The van der Waals surface area contributed by atoms with E-state index >= 15 is 0 Å². The first-order valence-corrected chi connectivity index (χ1v) is 9.96. The summed E-state index contributed by atoms with van der Waals surface area (Å²) in [4.78, 5) is 15.3. The second-order valence-corrected chi connectivity index (χ2v) is 7.37. The van der Waals surface area contributed by atoms with Crippen LogP contribution in [0.25, 0.3) is 16.9 Å². The Labute approximate surface area is 178 Å². The van der Waals surface area contributed by atoms with E-state index in [-0.39, 0.29) is 11.8 Å². The maximum atomic E-state index is 13.3. The van der Waals surface area contributed by atoms with Crippen molar-refractivity contribution in [2.24, 2.45) is 0 Å². The second-order valence-electron chi connectivity index (χ2n) is 7.37. The van der Waals surface area contributed by atoms with Crippen molar-refractivity contribution < 1.29 is 13.9 Å². The van der Waals surface area contributed by atoms with Crippen molar-refractivity contribution in [2.45, 2.75) is 12.3 Å². The zero-order valence-corrected chi connectivity index (χ0v) is 17.2. The Hall–Kier alpha value is -3.75. The summed E-state index contributed by atoms with van der Waals surface area (Å²) in [6, 6.07) is 8.99. The van der Waals surface area contributed by atoms with Crippen molar-refractivity contribution in [1.29, 1.82) is 0 Å². The van der Waals surface area contributed by atoms with Gasteiger partial charge in [0, 0.05) is 37.6 Å². The number of aromatic nitrogens is 5. The number of nitrogens with zero attached hydrogens (tertiary/aromatic N) is 6. The average Bonchev–Trinajstić information content (AvgIpc) is 3.48. The lowest BCUT2D eigenvalue weighted by atomic mass is 9.99. The van der Waals surface area contributed by atoms with Crippen LogP contribution in [0.15, 0.2) is 48.9 Å². The van der Waals surface area contributed by atoms with Gasteiger partial charge in [-0.15, -0.1) is 0 Å². The molecule has 0 aliphatic carbocycles. The Morgan fingerprint density at radius 2 is 1.94 bits per heavy atom. The maximum absolute atomic E-state index is 13.3. The van der Waals surface area contributed by atoms with Crippen molar-refractivity contribution in [3.8, 4) is 23.1 Å². The number of methoxy groups -OCH3 is 2. The molecular formula is C22H21FN6O2. The standard InChI is InChI=1S/C22H21FN6O2/c1-30-21-17(12-25-22(26-21)31-2)18-11-19(20-24-8-10-29(20)27-18)28-9-7-15(13-28)14-3-5-16(23)6-4-14/h3-6,8,10-12,15H,7,9,13H2,1-2H3/t15-/m1/s1. The summed E-state index contributed by atoms with van der Waals surface area (Å²) >= 11 is 0. The third-order valence-corrected chi connectivity index (χ3v) is 5.59. The Bertz CT molecular complexity index is 1230. The van der Waals surface area contributed by atoms with Crippen molar-refractivity contribution in [3.63, 3.8) is 0 Å². The van der Waals surface area contributed by atoms with Gasteiger partial charge in [-0.25, -0.2) is 18.9 Å². The summed E-state index contributed by atoms with van der Waals surface area (Å²) in [6.07, 6.45) is 6.16. The predicted molar refractivity (Wildman–Crippen MR) is 113 cm³/mol. The van der Waals surface area contributed by atoms with E-state index in [9.17, 15) is 4.39 Å². The van der Waals surface area contributed by atoms with Crippen LogP contribution in [0.3, 0.4) is 0 Å². The second kappa shape index (κ2) is 7.82. The number of ether oxygens (including phenoxy) is 2. The van der Waals surface area contributed by atoms with Crippen LogP contribution in [0.1, 0.15) is 17.9 Å². The van der Waals surface area contributed by atoms with Crippen molar-refractivity contribution in [2.75, 3.05) is 32.2 Å². The number of fused-ring (bicyclic) bond motifs is 1. The van der Waals surface area contributed by atoms with Gasteiger partial charge in [0.25, 0.3) is 0 Å². The minimum Gasteiger partial charge on any atom is -0.480 e. The molecule has 8 nitrogen and oxygen atoms in total. The lowest BCUT2D eigenvalue weighted by molar-refractivity contribution is 0.353. The Balaban J connectivity index is 1.53. The van der Waals surface area contributed by atoms with Gasteiger partial charge in [0.2, 0.25) is 5.88 Å². The zero-order chi connectivity index (χ0) is 21.4. The highest BCUT2D eigenvalue weighted by atomic mass is 19.1. The molecule has 1 aliphatic heterocycles.